The van der Waals surface area contributed by atoms with Gasteiger partial charge in [0.15, 0.2) is 0 Å². The van der Waals surface area contributed by atoms with Gasteiger partial charge in [-0.1, -0.05) is 6.07 Å². The Morgan fingerprint density at radius 1 is 1.23 bits per heavy atom. The zero-order valence-corrected chi connectivity index (χ0v) is 19.1. The highest BCUT2D eigenvalue weighted by Crippen LogP contribution is 2.27. The van der Waals surface area contributed by atoms with Gasteiger partial charge in [0, 0.05) is 56.1 Å². The number of aryl methyl sites for hydroxylation is 2. The molecular formula is C24H35N5O2. The maximum absolute atomic E-state index is 11.6. The highest BCUT2D eigenvalue weighted by Gasteiger charge is 2.24. The molecule has 31 heavy (non-hydrogen) atoms. The zero-order chi connectivity index (χ0) is 22.0. The largest absolute Gasteiger partial charge is 0.492 e. The standard InChI is InChI=1S/C24H35N5O2/c1-4-29-18(3)22(17(2)26-29)16-28-10-11-31-23-8-7-19(12-21(23)15-28)13-27-9-5-6-20(14-27)24(25)30/h7-8,12,20H,4-6,9-11,13-16H2,1-3H3,(H2,25,30). The molecule has 1 aromatic carbocycles. The van der Waals surface area contributed by atoms with E-state index in [4.69, 9.17) is 10.5 Å². The van der Waals surface area contributed by atoms with Crippen LogP contribution in [0.3, 0.4) is 0 Å². The van der Waals surface area contributed by atoms with E-state index >= 15 is 0 Å². The molecule has 4 rings (SSSR count). The number of aromatic nitrogens is 2. The number of piperidine rings is 1. The summed E-state index contributed by atoms with van der Waals surface area (Å²) in [5, 5.41) is 4.68. The molecule has 0 spiro atoms. The third-order valence-corrected chi connectivity index (χ3v) is 6.71. The second-order valence-electron chi connectivity index (χ2n) is 8.94. The van der Waals surface area contributed by atoms with Crippen LogP contribution in [0.15, 0.2) is 18.2 Å². The number of hydrogen-bond donors (Lipinski definition) is 1. The summed E-state index contributed by atoms with van der Waals surface area (Å²) in [7, 11) is 0. The minimum Gasteiger partial charge on any atom is -0.492 e. The number of carbonyl (C=O) groups is 1. The molecule has 2 aromatic rings. The fraction of sp³-hybridized carbons (Fsp3) is 0.583. The van der Waals surface area contributed by atoms with E-state index in [1.807, 2.05) is 0 Å². The molecule has 0 aliphatic carbocycles. The van der Waals surface area contributed by atoms with Crippen molar-refractivity contribution in [3.63, 3.8) is 0 Å². The van der Waals surface area contributed by atoms with Crippen molar-refractivity contribution in [3.05, 3.63) is 46.3 Å². The molecule has 3 heterocycles. The van der Waals surface area contributed by atoms with E-state index in [9.17, 15) is 4.79 Å². The Labute approximate surface area is 185 Å². The van der Waals surface area contributed by atoms with Gasteiger partial charge in [0.1, 0.15) is 12.4 Å². The number of likely N-dealkylation sites (tertiary alicyclic amines) is 1. The quantitative estimate of drug-likeness (QED) is 0.770. The molecule has 1 atom stereocenters. The Hall–Kier alpha value is -2.38. The lowest BCUT2D eigenvalue weighted by Crippen LogP contribution is -2.40. The number of primary amides is 1. The van der Waals surface area contributed by atoms with Gasteiger partial charge in [-0.2, -0.15) is 5.10 Å². The number of carbonyl (C=O) groups excluding carboxylic acids is 1. The highest BCUT2D eigenvalue weighted by molar-refractivity contribution is 5.76. The van der Waals surface area contributed by atoms with Crippen molar-refractivity contribution in [1.82, 2.24) is 19.6 Å². The Morgan fingerprint density at radius 3 is 2.81 bits per heavy atom. The summed E-state index contributed by atoms with van der Waals surface area (Å²) in [6.45, 7) is 13.3. The molecule has 2 aliphatic heterocycles. The van der Waals surface area contributed by atoms with Gasteiger partial charge < -0.3 is 10.5 Å². The molecule has 0 bridgehead atoms. The molecule has 1 saturated heterocycles. The number of rotatable bonds is 6. The number of nitrogens with two attached hydrogens (primary N) is 1. The van der Waals surface area contributed by atoms with Gasteiger partial charge in [0.25, 0.3) is 0 Å². The fourth-order valence-corrected chi connectivity index (χ4v) is 4.92. The van der Waals surface area contributed by atoms with Gasteiger partial charge in [-0.05, 0) is 57.9 Å². The molecule has 1 aromatic heterocycles. The second kappa shape index (κ2) is 9.40. The first-order chi connectivity index (χ1) is 14.9. The van der Waals surface area contributed by atoms with Crippen LogP contribution in [0, 0.1) is 19.8 Å². The summed E-state index contributed by atoms with van der Waals surface area (Å²) in [5.74, 6) is 0.786. The molecule has 2 N–H and O–H groups in total. The van der Waals surface area contributed by atoms with Crippen molar-refractivity contribution >= 4 is 5.91 Å². The van der Waals surface area contributed by atoms with Crippen LogP contribution in [-0.4, -0.2) is 51.7 Å². The first kappa shape index (κ1) is 21.8. The molecular weight excluding hydrogens is 390 g/mol. The molecule has 7 nitrogen and oxygen atoms in total. The predicted molar refractivity (Wildman–Crippen MR) is 121 cm³/mol. The lowest BCUT2D eigenvalue weighted by molar-refractivity contribution is -0.123. The molecule has 1 unspecified atom stereocenters. The summed E-state index contributed by atoms with van der Waals surface area (Å²) in [4.78, 5) is 16.4. The van der Waals surface area contributed by atoms with Crippen molar-refractivity contribution < 1.29 is 9.53 Å². The molecule has 0 radical (unpaired) electrons. The fourth-order valence-electron chi connectivity index (χ4n) is 4.92. The smallest absolute Gasteiger partial charge is 0.221 e. The van der Waals surface area contributed by atoms with Crippen LogP contribution in [0.5, 0.6) is 5.75 Å². The maximum atomic E-state index is 11.6. The van der Waals surface area contributed by atoms with Crippen LogP contribution >= 0.6 is 0 Å². The first-order valence-electron chi connectivity index (χ1n) is 11.5. The minimum atomic E-state index is -0.173. The summed E-state index contributed by atoms with van der Waals surface area (Å²) < 4.78 is 8.15. The summed E-state index contributed by atoms with van der Waals surface area (Å²) in [5.41, 5.74) is 11.7. The van der Waals surface area contributed by atoms with Crippen LogP contribution in [0.1, 0.15) is 47.8 Å². The van der Waals surface area contributed by atoms with Gasteiger partial charge >= 0.3 is 0 Å². The van der Waals surface area contributed by atoms with Crippen molar-refractivity contribution in [3.8, 4) is 5.75 Å². The van der Waals surface area contributed by atoms with Crippen molar-refractivity contribution in [2.75, 3.05) is 26.2 Å². The number of amides is 1. The molecule has 1 amide bonds. The highest BCUT2D eigenvalue weighted by atomic mass is 16.5. The number of nitrogens with zero attached hydrogens (tertiary/aromatic N) is 4. The molecule has 7 heteroatoms. The Kier molecular flexibility index (Phi) is 6.62. The van der Waals surface area contributed by atoms with E-state index in [0.717, 1.165) is 70.1 Å². The van der Waals surface area contributed by atoms with Crippen LogP contribution in [0.4, 0.5) is 0 Å². The van der Waals surface area contributed by atoms with Crippen LogP contribution in [0.2, 0.25) is 0 Å². The summed E-state index contributed by atoms with van der Waals surface area (Å²) >= 11 is 0. The Bertz CT molecular complexity index is 938. The van der Waals surface area contributed by atoms with E-state index in [1.165, 1.54) is 22.4 Å². The third-order valence-electron chi connectivity index (χ3n) is 6.71. The van der Waals surface area contributed by atoms with E-state index in [-0.39, 0.29) is 11.8 Å². The Balaban J connectivity index is 1.47. The van der Waals surface area contributed by atoms with Gasteiger partial charge in [-0.25, -0.2) is 0 Å². The van der Waals surface area contributed by atoms with Gasteiger partial charge in [0.05, 0.1) is 11.6 Å². The van der Waals surface area contributed by atoms with E-state index in [0.29, 0.717) is 6.61 Å². The first-order valence-corrected chi connectivity index (χ1v) is 11.5. The van der Waals surface area contributed by atoms with Crippen molar-refractivity contribution in [1.29, 1.82) is 0 Å². The number of benzene rings is 1. The zero-order valence-electron chi connectivity index (χ0n) is 19.1. The molecule has 0 saturated carbocycles. The topological polar surface area (TPSA) is 76.6 Å². The normalized spacial score (nSPS) is 20.2. The average Bonchev–Trinajstić information content (AvgIpc) is 2.90. The summed E-state index contributed by atoms with van der Waals surface area (Å²) in [6.07, 6.45) is 1.94. The lowest BCUT2D eigenvalue weighted by atomic mass is 9.97. The minimum absolute atomic E-state index is 0.0241. The second-order valence-corrected chi connectivity index (χ2v) is 8.94. The third kappa shape index (κ3) is 4.93. The average molecular weight is 426 g/mol. The number of fused-ring (bicyclic) bond motifs is 1. The summed E-state index contributed by atoms with van der Waals surface area (Å²) in [6, 6.07) is 6.54. The van der Waals surface area contributed by atoms with Gasteiger partial charge in [-0.3, -0.25) is 19.3 Å². The number of hydrogen-bond acceptors (Lipinski definition) is 5. The van der Waals surface area contributed by atoms with Crippen molar-refractivity contribution in [2.24, 2.45) is 11.7 Å². The molecule has 2 aliphatic rings. The maximum Gasteiger partial charge on any atom is 0.221 e. The van der Waals surface area contributed by atoms with Crippen LogP contribution in [0.25, 0.3) is 0 Å². The van der Waals surface area contributed by atoms with Gasteiger partial charge in [0.2, 0.25) is 5.91 Å². The monoisotopic (exact) mass is 425 g/mol. The predicted octanol–water partition coefficient (Wildman–Crippen LogP) is 2.61. The lowest BCUT2D eigenvalue weighted by Gasteiger charge is -2.31. The Morgan fingerprint density at radius 2 is 2.06 bits per heavy atom. The van der Waals surface area contributed by atoms with Crippen LogP contribution in [-0.2, 0) is 31.0 Å². The number of ether oxygens (including phenoxy) is 1. The van der Waals surface area contributed by atoms with Crippen molar-refractivity contribution in [2.45, 2.75) is 59.8 Å². The molecule has 168 valence electrons. The molecule has 1 fully saturated rings. The SMILES string of the molecule is CCn1nc(C)c(CN2CCOc3ccc(CN4CCCC(C(N)=O)C4)cc3C2)c1C. The van der Waals surface area contributed by atoms with Gasteiger partial charge in [-0.15, -0.1) is 0 Å². The van der Waals surface area contributed by atoms with E-state index < -0.39 is 0 Å². The van der Waals surface area contributed by atoms with E-state index in [2.05, 4.69) is 58.6 Å². The van der Waals surface area contributed by atoms with E-state index in [1.54, 1.807) is 0 Å². The van der Waals surface area contributed by atoms with Crippen LogP contribution < -0.4 is 10.5 Å².